The first-order valence-corrected chi connectivity index (χ1v) is 4.58. The van der Waals surface area contributed by atoms with Crippen molar-refractivity contribution in [1.29, 1.82) is 0 Å². The number of halogens is 1. The number of nitrogen functional groups attached to an aromatic ring is 1. The predicted molar refractivity (Wildman–Crippen MR) is 56.9 cm³/mol. The van der Waals surface area contributed by atoms with Gasteiger partial charge in [0.05, 0.1) is 11.2 Å². The zero-order chi connectivity index (χ0) is 10.3. The number of alkyl halides is 1. The van der Waals surface area contributed by atoms with Gasteiger partial charge in [0, 0.05) is 18.1 Å². The van der Waals surface area contributed by atoms with Crippen molar-refractivity contribution in [3.63, 3.8) is 0 Å². The summed E-state index contributed by atoms with van der Waals surface area (Å²) in [7, 11) is 1.85. The van der Waals surface area contributed by atoms with E-state index in [0.717, 1.165) is 10.9 Å². The highest BCUT2D eigenvalue weighted by Crippen LogP contribution is 2.26. The first-order valence-electron chi connectivity index (χ1n) is 4.58. The summed E-state index contributed by atoms with van der Waals surface area (Å²) >= 11 is 0. The molecule has 1 unspecified atom stereocenters. The summed E-state index contributed by atoms with van der Waals surface area (Å²) in [4.78, 5) is 0. The highest BCUT2D eigenvalue weighted by atomic mass is 19.1. The molecule has 1 aromatic heterocycles. The molecule has 0 spiro atoms. The molecule has 0 saturated carbocycles. The molecular formula is C11H13FN2. The van der Waals surface area contributed by atoms with E-state index in [1.165, 1.54) is 6.92 Å². The molecule has 0 bridgehead atoms. The van der Waals surface area contributed by atoms with E-state index in [2.05, 4.69) is 0 Å². The Hall–Kier alpha value is -1.51. The molecule has 0 aliphatic carbocycles. The highest BCUT2D eigenvalue weighted by Gasteiger charge is 2.10. The number of nitrogens with two attached hydrogens (primary N) is 1. The van der Waals surface area contributed by atoms with Gasteiger partial charge >= 0.3 is 0 Å². The predicted octanol–water partition coefficient (Wildman–Crippen LogP) is 2.79. The standard InChI is InChI=1S/C11H13FN2/c1-7(12)10-5-8-3-4-9(13)6-11(8)14(10)2/h3-7H,13H2,1-2H3. The fourth-order valence-corrected chi connectivity index (χ4v) is 1.75. The quantitative estimate of drug-likeness (QED) is 0.692. The maximum absolute atomic E-state index is 13.2. The van der Waals surface area contributed by atoms with Gasteiger partial charge in [0.25, 0.3) is 0 Å². The SMILES string of the molecule is CC(F)c1cc2ccc(N)cc2n1C. The Morgan fingerprint density at radius 3 is 2.71 bits per heavy atom. The average Bonchev–Trinajstić information content (AvgIpc) is 2.44. The number of anilines is 1. The number of hydrogen-bond donors (Lipinski definition) is 1. The third-order valence-electron chi connectivity index (χ3n) is 2.51. The maximum Gasteiger partial charge on any atom is 0.137 e. The van der Waals surface area contributed by atoms with Gasteiger partial charge in [-0.1, -0.05) is 6.07 Å². The number of nitrogens with zero attached hydrogens (tertiary/aromatic N) is 1. The van der Waals surface area contributed by atoms with Crippen LogP contribution in [0.4, 0.5) is 10.1 Å². The van der Waals surface area contributed by atoms with Crippen LogP contribution in [0.3, 0.4) is 0 Å². The second-order valence-corrected chi connectivity index (χ2v) is 3.56. The lowest BCUT2D eigenvalue weighted by atomic mass is 10.2. The van der Waals surface area contributed by atoms with Crippen molar-refractivity contribution >= 4 is 16.6 Å². The van der Waals surface area contributed by atoms with Crippen LogP contribution in [-0.4, -0.2) is 4.57 Å². The molecule has 0 saturated heterocycles. The molecule has 0 aliphatic heterocycles. The van der Waals surface area contributed by atoms with Gasteiger partial charge < -0.3 is 10.3 Å². The number of fused-ring (bicyclic) bond motifs is 1. The number of rotatable bonds is 1. The van der Waals surface area contributed by atoms with Crippen molar-refractivity contribution in [2.45, 2.75) is 13.1 Å². The summed E-state index contributed by atoms with van der Waals surface area (Å²) in [6, 6.07) is 7.46. The van der Waals surface area contributed by atoms with E-state index in [-0.39, 0.29) is 0 Å². The number of hydrogen-bond acceptors (Lipinski definition) is 1. The molecule has 2 N–H and O–H groups in total. The van der Waals surface area contributed by atoms with Gasteiger partial charge in [-0.25, -0.2) is 4.39 Å². The maximum atomic E-state index is 13.2. The molecule has 74 valence electrons. The lowest BCUT2D eigenvalue weighted by Crippen LogP contribution is -1.96. The summed E-state index contributed by atoms with van der Waals surface area (Å²) in [6.07, 6.45) is -0.950. The van der Waals surface area contributed by atoms with Crippen LogP contribution >= 0.6 is 0 Å². The lowest BCUT2D eigenvalue weighted by Gasteiger charge is -2.04. The normalized spacial score (nSPS) is 13.4. The van der Waals surface area contributed by atoms with Crippen molar-refractivity contribution in [3.8, 4) is 0 Å². The third kappa shape index (κ3) is 1.25. The molecule has 3 heteroatoms. The van der Waals surface area contributed by atoms with Crippen LogP contribution in [-0.2, 0) is 7.05 Å². The fraction of sp³-hybridized carbons (Fsp3) is 0.273. The van der Waals surface area contributed by atoms with E-state index < -0.39 is 6.17 Å². The fourth-order valence-electron chi connectivity index (χ4n) is 1.75. The van der Waals surface area contributed by atoms with Crippen molar-refractivity contribution in [2.75, 3.05) is 5.73 Å². The minimum atomic E-state index is -0.950. The molecule has 1 atom stereocenters. The molecule has 1 aromatic carbocycles. The van der Waals surface area contributed by atoms with Crippen molar-refractivity contribution < 1.29 is 4.39 Å². The Balaban J connectivity index is 2.74. The summed E-state index contributed by atoms with van der Waals surface area (Å²) < 4.78 is 15.0. The second-order valence-electron chi connectivity index (χ2n) is 3.56. The number of aromatic nitrogens is 1. The van der Waals surface area contributed by atoms with E-state index in [9.17, 15) is 4.39 Å². The van der Waals surface area contributed by atoms with Crippen LogP contribution in [0.15, 0.2) is 24.3 Å². The molecule has 2 aromatic rings. The van der Waals surface area contributed by atoms with E-state index in [1.54, 1.807) is 0 Å². The molecule has 2 rings (SSSR count). The van der Waals surface area contributed by atoms with Crippen molar-refractivity contribution in [3.05, 3.63) is 30.0 Å². The molecule has 0 fully saturated rings. The minimum Gasteiger partial charge on any atom is -0.399 e. The number of benzene rings is 1. The summed E-state index contributed by atoms with van der Waals surface area (Å²) in [6.45, 7) is 1.54. The topological polar surface area (TPSA) is 30.9 Å². The Kier molecular flexibility index (Phi) is 1.95. The van der Waals surface area contributed by atoms with Crippen LogP contribution in [0, 0.1) is 0 Å². The lowest BCUT2D eigenvalue weighted by molar-refractivity contribution is 0.359. The minimum absolute atomic E-state index is 0.686. The Morgan fingerprint density at radius 2 is 2.07 bits per heavy atom. The largest absolute Gasteiger partial charge is 0.399 e. The molecule has 0 amide bonds. The van der Waals surface area contributed by atoms with Crippen LogP contribution in [0.1, 0.15) is 18.8 Å². The van der Waals surface area contributed by atoms with Crippen molar-refractivity contribution in [1.82, 2.24) is 4.57 Å². The zero-order valence-corrected chi connectivity index (χ0v) is 8.29. The molecule has 1 heterocycles. The van der Waals surface area contributed by atoms with Gasteiger partial charge in [0.1, 0.15) is 6.17 Å². The molecule has 0 radical (unpaired) electrons. The van der Waals surface area contributed by atoms with E-state index in [0.29, 0.717) is 11.4 Å². The van der Waals surface area contributed by atoms with Crippen LogP contribution in [0.5, 0.6) is 0 Å². The van der Waals surface area contributed by atoms with Gasteiger partial charge in [-0.2, -0.15) is 0 Å². The Labute approximate surface area is 82.1 Å². The smallest absolute Gasteiger partial charge is 0.137 e. The van der Waals surface area contributed by atoms with Gasteiger partial charge in [0.2, 0.25) is 0 Å². The first-order chi connectivity index (χ1) is 6.59. The monoisotopic (exact) mass is 192 g/mol. The van der Waals surface area contributed by atoms with E-state index >= 15 is 0 Å². The highest BCUT2D eigenvalue weighted by molar-refractivity contribution is 5.84. The summed E-state index contributed by atoms with van der Waals surface area (Å²) in [5, 5.41) is 1.03. The van der Waals surface area contributed by atoms with Gasteiger partial charge in [-0.3, -0.25) is 0 Å². The van der Waals surface area contributed by atoms with E-state index in [4.69, 9.17) is 5.73 Å². The Bertz CT molecular complexity index is 471. The van der Waals surface area contributed by atoms with E-state index in [1.807, 2.05) is 35.9 Å². The van der Waals surface area contributed by atoms with Gasteiger partial charge in [-0.05, 0) is 25.1 Å². The Morgan fingerprint density at radius 1 is 1.36 bits per heavy atom. The van der Waals surface area contributed by atoms with Crippen molar-refractivity contribution in [2.24, 2.45) is 7.05 Å². The zero-order valence-electron chi connectivity index (χ0n) is 8.29. The van der Waals surface area contributed by atoms with Crippen LogP contribution in [0.2, 0.25) is 0 Å². The second kappa shape index (κ2) is 3.01. The van der Waals surface area contributed by atoms with Gasteiger partial charge in [0.15, 0.2) is 0 Å². The molecular weight excluding hydrogens is 179 g/mol. The molecule has 2 nitrogen and oxygen atoms in total. The molecule has 14 heavy (non-hydrogen) atoms. The van der Waals surface area contributed by atoms with Crippen LogP contribution < -0.4 is 5.73 Å². The van der Waals surface area contributed by atoms with Gasteiger partial charge in [-0.15, -0.1) is 0 Å². The average molecular weight is 192 g/mol. The van der Waals surface area contributed by atoms with Crippen LogP contribution in [0.25, 0.3) is 10.9 Å². The molecule has 0 aliphatic rings. The summed E-state index contributed by atoms with van der Waals surface area (Å²) in [5.41, 5.74) is 8.04. The summed E-state index contributed by atoms with van der Waals surface area (Å²) in [5.74, 6) is 0. The third-order valence-corrected chi connectivity index (χ3v) is 2.51. The number of aryl methyl sites for hydroxylation is 1. The first kappa shape index (κ1) is 9.06.